The molecule has 1 aromatic heterocycles. The third-order valence-corrected chi connectivity index (χ3v) is 2.85. The maximum atomic E-state index is 11.9. The quantitative estimate of drug-likeness (QED) is 0.845. The number of aromatic nitrogens is 2. The lowest BCUT2D eigenvalue weighted by molar-refractivity contribution is -0.139. The van der Waals surface area contributed by atoms with Gasteiger partial charge in [0.2, 0.25) is 0 Å². The molecule has 20 heavy (non-hydrogen) atoms. The molecule has 6 nitrogen and oxygen atoms in total. The minimum atomic E-state index is -1.06. The molecule has 0 radical (unpaired) electrons. The van der Waals surface area contributed by atoms with Crippen molar-refractivity contribution in [2.75, 3.05) is 0 Å². The summed E-state index contributed by atoms with van der Waals surface area (Å²) in [5.41, 5.74) is 1.19. The second kappa shape index (κ2) is 6.01. The molecule has 1 heterocycles. The van der Waals surface area contributed by atoms with Crippen molar-refractivity contribution >= 4 is 11.9 Å². The minimum Gasteiger partial charge on any atom is -0.480 e. The number of amides is 1. The minimum absolute atomic E-state index is 0.238. The van der Waals surface area contributed by atoms with Crippen molar-refractivity contribution in [3.63, 3.8) is 0 Å². The van der Waals surface area contributed by atoms with Crippen LogP contribution in [0.4, 0.5) is 0 Å². The molecule has 104 valence electrons. The zero-order valence-electron chi connectivity index (χ0n) is 11.0. The molecule has 1 atom stereocenters. The van der Waals surface area contributed by atoms with Gasteiger partial charge in [0.05, 0.1) is 11.8 Å². The van der Waals surface area contributed by atoms with E-state index >= 15 is 0 Å². The SMILES string of the molecule is Cn1cc(C(=O)N[C@@H](Cc2ccccc2)C(=O)O)cn1. The Labute approximate surface area is 116 Å². The predicted octanol–water partition coefficient (Wildman–Crippen LogP) is 0.846. The van der Waals surface area contributed by atoms with E-state index in [0.29, 0.717) is 5.56 Å². The van der Waals surface area contributed by atoms with E-state index in [0.717, 1.165) is 5.56 Å². The van der Waals surface area contributed by atoms with E-state index in [1.165, 1.54) is 17.1 Å². The summed E-state index contributed by atoms with van der Waals surface area (Å²) in [7, 11) is 1.69. The number of carboxylic acids is 1. The number of aryl methyl sites for hydroxylation is 1. The van der Waals surface area contributed by atoms with E-state index in [2.05, 4.69) is 10.4 Å². The summed E-state index contributed by atoms with van der Waals surface area (Å²) in [5.74, 6) is -1.51. The number of benzene rings is 1. The summed E-state index contributed by atoms with van der Waals surface area (Å²) in [6.07, 6.45) is 3.18. The standard InChI is InChI=1S/C14H15N3O3/c1-17-9-11(8-15-17)13(18)16-12(14(19)20)7-10-5-3-2-4-6-10/h2-6,8-9,12H,7H2,1H3,(H,16,18)(H,19,20)/t12-/m0/s1. The fraction of sp³-hybridized carbons (Fsp3) is 0.214. The van der Waals surface area contributed by atoms with Crippen molar-refractivity contribution in [3.8, 4) is 0 Å². The summed E-state index contributed by atoms with van der Waals surface area (Å²) in [5, 5.41) is 15.6. The molecule has 0 unspecified atom stereocenters. The molecule has 0 saturated heterocycles. The number of aliphatic carboxylic acids is 1. The molecular weight excluding hydrogens is 258 g/mol. The van der Waals surface area contributed by atoms with Gasteiger partial charge in [-0.1, -0.05) is 30.3 Å². The smallest absolute Gasteiger partial charge is 0.326 e. The molecule has 1 amide bonds. The molecule has 2 aromatic rings. The lowest BCUT2D eigenvalue weighted by atomic mass is 10.1. The molecular formula is C14H15N3O3. The van der Waals surface area contributed by atoms with Gasteiger partial charge in [0.15, 0.2) is 0 Å². The first-order valence-electron chi connectivity index (χ1n) is 6.12. The summed E-state index contributed by atoms with van der Waals surface area (Å²) < 4.78 is 1.49. The van der Waals surface area contributed by atoms with Crippen LogP contribution in [0, 0.1) is 0 Å². The van der Waals surface area contributed by atoms with Crippen molar-refractivity contribution in [2.24, 2.45) is 7.05 Å². The predicted molar refractivity (Wildman–Crippen MR) is 72.2 cm³/mol. The van der Waals surface area contributed by atoms with Crippen LogP contribution in [0.15, 0.2) is 42.7 Å². The third-order valence-electron chi connectivity index (χ3n) is 2.85. The Bertz CT molecular complexity index is 607. The van der Waals surface area contributed by atoms with E-state index in [4.69, 9.17) is 0 Å². The van der Waals surface area contributed by atoms with E-state index in [9.17, 15) is 14.7 Å². The monoisotopic (exact) mass is 273 g/mol. The number of nitrogens with one attached hydrogen (secondary N) is 1. The average Bonchev–Trinajstić information content (AvgIpc) is 2.86. The van der Waals surface area contributed by atoms with Crippen LogP contribution in [0.25, 0.3) is 0 Å². The van der Waals surface area contributed by atoms with Crippen LogP contribution in [0.2, 0.25) is 0 Å². The van der Waals surface area contributed by atoms with E-state index in [1.807, 2.05) is 30.3 Å². The zero-order chi connectivity index (χ0) is 14.5. The lowest BCUT2D eigenvalue weighted by Gasteiger charge is -2.13. The lowest BCUT2D eigenvalue weighted by Crippen LogP contribution is -2.42. The van der Waals surface area contributed by atoms with Crippen molar-refractivity contribution < 1.29 is 14.7 Å². The molecule has 0 saturated carbocycles. The fourth-order valence-electron chi connectivity index (χ4n) is 1.83. The van der Waals surface area contributed by atoms with Crippen LogP contribution in [-0.2, 0) is 18.3 Å². The van der Waals surface area contributed by atoms with Crippen LogP contribution in [0.5, 0.6) is 0 Å². The van der Waals surface area contributed by atoms with Crippen molar-refractivity contribution in [2.45, 2.75) is 12.5 Å². The van der Waals surface area contributed by atoms with E-state index < -0.39 is 17.9 Å². The molecule has 0 bridgehead atoms. The Balaban J connectivity index is 2.06. The van der Waals surface area contributed by atoms with Gasteiger partial charge in [0.1, 0.15) is 6.04 Å². The topological polar surface area (TPSA) is 84.2 Å². The second-order valence-electron chi connectivity index (χ2n) is 4.46. The number of carbonyl (C=O) groups is 2. The molecule has 0 aliphatic rings. The van der Waals surface area contributed by atoms with Crippen molar-refractivity contribution in [1.29, 1.82) is 0 Å². The Morgan fingerprint density at radius 3 is 2.60 bits per heavy atom. The van der Waals surface area contributed by atoms with Gasteiger partial charge < -0.3 is 10.4 Å². The van der Waals surface area contributed by atoms with Crippen molar-refractivity contribution in [3.05, 3.63) is 53.9 Å². The largest absolute Gasteiger partial charge is 0.480 e. The van der Waals surface area contributed by atoms with Gasteiger partial charge in [-0.25, -0.2) is 4.79 Å². The Hall–Kier alpha value is -2.63. The molecule has 0 aliphatic heterocycles. The van der Waals surface area contributed by atoms with Gasteiger partial charge in [0.25, 0.3) is 5.91 Å². The first-order chi connectivity index (χ1) is 9.56. The highest BCUT2D eigenvalue weighted by molar-refractivity contribution is 5.96. The summed E-state index contributed by atoms with van der Waals surface area (Å²) in [6, 6.07) is 8.20. The van der Waals surface area contributed by atoms with Gasteiger partial charge in [-0.2, -0.15) is 5.10 Å². The number of carboxylic acid groups (broad SMARTS) is 1. The van der Waals surface area contributed by atoms with Gasteiger partial charge in [-0.05, 0) is 5.56 Å². The fourth-order valence-corrected chi connectivity index (χ4v) is 1.83. The van der Waals surface area contributed by atoms with Gasteiger partial charge in [0, 0.05) is 19.7 Å². The molecule has 1 aromatic carbocycles. The Morgan fingerprint density at radius 1 is 1.35 bits per heavy atom. The average molecular weight is 273 g/mol. The second-order valence-corrected chi connectivity index (χ2v) is 4.46. The van der Waals surface area contributed by atoms with Crippen LogP contribution in [-0.4, -0.2) is 32.8 Å². The maximum absolute atomic E-state index is 11.9. The molecule has 2 rings (SSSR count). The molecule has 0 spiro atoms. The number of hydrogen-bond donors (Lipinski definition) is 2. The highest BCUT2D eigenvalue weighted by Crippen LogP contribution is 2.05. The number of nitrogens with zero attached hydrogens (tertiary/aromatic N) is 2. The highest BCUT2D eigenvalue weighted by atomic mass is 16.4. The molecule has 6 heteroatoms. The molecule has 0 fully saturated rings. The first kappa shape index (κ1) is 13.8. The van der Waals surface area contributed by atoms with Crippen LogP contribution in [0.3, 0.4) is 0 Å². The van der Waals surface area contributed by atoms with Crippen LogP contribution in [0.1, 0.15) is 15.9 Å². The van der Waals surface area contributed by atoms with Gasteiger partial charge in [-0.15, -0.1) is 0 Å². The zero-order valence-corrected chi connectivity index (χ0v) is 11.0. The van der Waals surface area contributed by atoms with E-state index in [-0.39, 0.29) is 6.42 Å². The summed E-state index contributed by atoms with van der Waals surface area (Å²) in [6.45, 7) is 0. The number of carbonyl (C=O) groups excluding carboxylic acids is 1. The van der Waals surface area contributed by atoms with Crippen molar-refractivity contribution in [1.82, 2.24) is 15.1 Å². The first-order valence-corrected chi connectivity index (χ1v) is 6.12. The maximum Gasteiger partial charge on any atom is 0.326 e. The van der Waals surface area contributed by atoms with E-state index in [1.54, 1.807) is 7.05 Å². The molecule has 2 N–H and O–H groups in total. The molecule has 0 aliphatic carbocycles. The van der Waals surface area contributed by atoms with Crippen LogP contribution < -0.4 is 5.32 Å². The number of hydrogen-bond acceptors (Lipinski definition) is 3. The summed E-state index contributed by atoms with van der Waals surface area (Å²) >= 11 is 0. The van der Waals surface area contributed by atoms with Gasteiger partial charge >= 0.3 is 5.97 Å². The normalized spacial score (nSPS) is 11.8. The Morgan fingerprint density at radius 2 is 2.05 bits per heavy atom. The van der Waals surface area contributed by atoms with Crippen LogP contribution >= 0.6 is 0 Å². The Kier molecular flexibility index (Phi) is 4.14. The summed E-state index contributed by atoms with van der Waals surface area (Å²) in [4.78, 5) is 23.2. The number of rotatable bonds is 5. The highest BCUT2D eigenvalue weighted by Gasteiger charge is 2.21. The third kappa shape index (κ3) is 3.44. The van der Waals surface area contributed by atoms with Gasteiger partial charge in [-0.3, -0.25) is 9.48 Å².